The third-order valence-corrected chi connectivity index (χ3v) is 3.86. The van der Waals surface area contributed by atoms with E-state index in [-0.39, 0.29) is 5.41 Å². The summed E-state index contributed by atoms with van der Waals surface area (Å²) in [6.07, 6.45) is 2.26. The highest BCUT2D eigenvalue weighted by molar-refractivity contribution is 5.49. The fourth-order valence-electron chi connectivity index (χ4n) is 2.97. The summed E-state index contributed by atoms with van der Waals surface area (Å²) < 4.78 is 6.13. The van der Waals surface area contributed by atoms with Gasteiger partial charge < -0.3 is 10.1 Å². The van der Waals surface area contributed by atoms with Crippen molar-refractivity contribution in [2.75, 3.05) is 6.61 Å². The largest absolute Gasteiger partial charge is 0.493 e. The zero-order chi connectivity index (χ0) is 14.9. The number of nitrogens with one attached hydrogen (secondary N) is 1. The van der Waals surface area contributed by atoms with Crippen LogP contribution >= 0.6 is 0 Å². The van der Waals surface area contributed by atoms with Gasteiger partial charge in [-0.15, -0.1) is 0 Å². The number of benzene rings is 1. The molecule has 1 aliphatic heterocycles. The van der Waals surface area contributed by atoms with E-state index >= 15 is 0 Å². The molecule has 2 heteroatoms. The molecule has 0 radical (unpaired) electrons. The molecule has 0 bridgehead atoms. The molecule has 20 heavy (non-hydrogen) atoms. The van der Waals surface area contributed by atoms with Gasteiger partial charge in [0.15, 0.2) is 0 Å². The van der Waals surface area contributed by atoms with Crippen LogP contribution in [0.2, 0.25) is 0 Å². The lowest BCUT2D eigenvalue weighted by Gasteiger charge is -2.27. The lowest BCUT2D eigenvalue weighted by atomic mass is 9.83. The number of fused-ring (bicyclic) bond motifs is 1. The third-order valence-electron chi connectivity index (χ3n) is 3.86. The topological polar surface area (TPSA) is 21.3 Å². The molecule has 2 nitrogen and oxygen atoms in total. The predicted molar refractivity (Wildman–Crippen MR) is 85.6 cm³/mol. The van der Waals surface area contributed by atoms with Crippen molar-refractivity contribution in [3.8, 4) is 5.75 Å². The van der Waals surface area contributed by atoms with Crippen molar-refractivity contribution in [2.24, 2.45) is 0 Å². The van der Waals surface area contributed by atoms with Crippen LogP contribution in [0, 0.1) is 6.92 Å². The minimum Gasteiger partial charge on any atom is -0.493 e. The van der Waals surface area contributed by atoms with E-state index in [1.165, 1.54) is 16.7 Å². The zero-order valence-corrected chi connectivity index (χ0v) is 13.8. The summed E-state index contributed by atoms with van der Waals surface area (Å²) in [5, 5.41) is 3.70. The summed E-state index contributed by atoms with van der Waals surface area (Å²) >= 11 is 0. The van der Waals surface area contributed by atoms with Crippen LogP contribution in [-0.4, -0.2) is 12.6 Å². The van der Waals surface area contributed by atoms with Crippen molar-refractivity contribution < 1.29 is 4.74 Å². The van der Waals surface area contributed by atoms with Gasteiger partial charge in [-0.1, -0.05) is 52.3 Å². The summed E-state index contributed by atoms with van der Waals surface area (Å²) in [7, 11) is 0. The van der Waals surface area contributed by atoms with Crippen LogP contribution in [0.15, 0.2) is 12.1 Å². The summed E-state index contributed by atoms with van der Waals surface area (Å²) in [6, 6.07) is 5.49. The molecule has 1 N–H and O–H groups in total. The SMILES string of the molecule is Cc1cc2c(c(C(C)(C)C)c1)OCCCC2NC(C)C. The minimum absolute atomic E-state index is 0.114. The molecule has 1 atom stereocenters. The summed E-state index contributed by atoms with van der Waals surface area (Å²) in [5.41, 5.74) is 4.13. The molecule has 1 aliphatic rings. The Kier molecular flexibility index (Phi) is 4.43. The first-order valence-electron chi connectivity index (χ1n) is 7.83. The van der Waals surface area contributed by atoms with Crippen LogP contribution in [0.3, 0.4) is 0 Å². The van der Waals surface area contributed by atoms with Crippen molar-refractivity contribution >= 4 is 0 Å². The van der Waals surface area contributed by atoms with Crippen molar-refractivity contribution in [1.29, 1.82) is 0 Å². The van der Waals surface area contributed by atoms with E-state index in [1.54, 1.807) is 0 Å². The molecule has 0 saturated heterocycles. The first-order chi connectivity index (χ1) is 9.29. The highest BCUT2D eigenvalue weighted by atomic mass is 16.5. The van der Waals surface area contributed by atoms with Gasteiger partial charge in [0.2, 0.25) is 0 Å². The Morgan fingerprint density at radius 3 is 2.55 bits per heavy atom. The van der Waals surface area contributed by atoms with Gasteiger partial charge in [0.25, 0.3) is 0 Å². The van der Waals surface area contributed by atoms with E-state index < -0.39 is 0 Å². The minimum atomic E-state index is 0.114. The van der Waals surface area contributed by atoms with Crippen molar-refractivity contribution in [2.45, 2.75) is 71.9 Å². The van der Waals surface area contributed by atoms with E-state index in [0.717, 1.165) is 25.2 Å². The van der Waals surface area contributed by atoms with E-state index in [4.69, 9.17) is 4.74 Å². The number of ether oxygens (including phenoxy) is 1. The number of hydrogen-bond acceptors (Lipinski definition) is 2. The quantitative estimate of drug-likeness (QED) is 0.857. The average Bonchev–Trinajstić information content (AvgIpc) is 2.49. The number of aryl methyl sites for hydroxylation is 1. The molecule has 0 saturated carbocycles. The average molecular weight is 275 g/mol. The van der Waals surface area contributed by atoms with E-state index in [9.17, 15) is 0 Å². The number of hydrogen-bond donors (Lipinski definition) is 1. The lowest BCUT2D eigenvalue weighted by Crippen LogP contribution is -2.28. The Labute approximate surface area is 123 Å². The van der Waals surface area contributed by atoms with Gasteiger partial charge in [-0.2, -0.15) is 0 Å². The van der Waals surface area contributed by atoms with Crippen molar-refractivity contribution in [1.82, 2.24) is 5.32 Å². The Morgan fingerprint density at radius 1 is 1.25 bits per heavy atom. The molecule has 2 rings (SSSR count). The van der Waals surface area contributed by atoms with Crippen LogP contribution in [0.5, 0.6) is 5.75 Å². The summed E-state index contributed by atoms with van der Waals surface area (Å²) in [5.74, 6) is 1.12. The molecule has 0 spiro atoms. The van der Waals surface area contributed by atoms with Crippen LogP contribution in [0.1, 0.15) is 70.2 Å². The second-order valence-corrected chi connectivity index (χ2v) is 7.35. The van der Waals surface area contributed by atoms with Crippen LogP contribution < -0.4 is 10.1 Å². The third kappa shape index (κ3) is 3.35. The fourth-order valence-corrected chi connectivity index (χ4v) is 2.97. The molecular formula is C18H29NO. The van der Waals surface area contributed by atoms with Gasteiger partial charge in [0.05, 0.1) is 6.61 Å². The molecule has 1 heterocycles. The Balaban J connectivity index is 2.53. The second-order valence-electron chi connectivity index (χ2n) is 7.35. The smallest absolute Gasteiger partial charge is 0.127 e. The van der Waals surface area contributed by atoms with Crippen molar-refractivity contribution in [3.63, 3.8) is 0 Å². The molecular weight excluding hydrogens is 246 g/mol. The molecule has 0 aromatic heterocycles. The Bertz CT molecular complexity index is 471. The maximum atomic E-state index is 6.13. The van der Waals surface area contributed by atoms with Gasteiger partial charge in [0.1, 0.15) is 5.75 Å². The van der Waals surface area contributed by atoms with Gasteiger partial charge >= 0.3 is 0 Å². The highest BCUT2D eigenvalue weighted by Gasteiger charge is 2.27. The van der Waals surface area contributed by atoms with Gasteiger partial charge in [0, 0.05) is 23.2 Å². The summed E-state index contributed by atoms with van der Waals surface area (Å²) in [6.45, 7) is 14.2. The van der Waals surface area contributed by atoms with Crippen LogP contribution in [-0.2, 0) is 5.41 Å². The predicted octanol–water partition coefficient (Wildman–Crippen LogP) is 4.50. The maximum Gasteiger partial charge on any atom is 0.127 e. The molecule has 0 amide bonds. The van der Waals surface area contributed by atoms with E-state index in [0.29, 0.717) is 12.1 Å². The van der Waals surface area contributed by atoms with E-state index in [2.05, 4.69) is 59.0 Å². The Hall–Kier alpha value is -1.02. The van der Waals surface area contributed by atoms with Crippen LogP contribution in [0.25, 0.3) is 0 Å². The van der Waals surface area contributed by atoms with Crippen LogP contribution in [0.4, 0.5) is 0 Å². The zero-order valence-electron chi connectivity index (χ0n) is 13.8. The second kappa shape index (κ2) is 5.77. The summed E-state index contributed by atoms with van der Waals surface area (Å²) in [4.78, 5) is 0. The monoisotopic (exact) mass is 275 g/mol. The lowest BCUT2D eigenvalue weighted by molar-refractivity contribution is 0.307. The number of rotatable bonds is 2. The molecule has 1 unspecified atom stereocenters. The molecule has 0 fully saturated rings. The molecule has 1 aromatic rings. The van der Waals surface area contributed by atoms with E-state index in [1.807, 2.05) is 0 Å². The maximum absolute atomic E-state index is 6.13. The first-order valence-corrected chi connectivity index (χ1v) is 7.83. The fraction of sp³-hybridized carbons (Fsp3) is 0.667. The highest BCUT2D eigenvalue weighted by Crippen LogP contribution is 2.40. The molecule has 112 valence electrons. The first kappa shape index (κ1) is 15.4. The standard InChI is InChI=1S/C18H29NO/c1-12(2)19-16-8-7-9-20-17-14(16)10-13(3)11-15(17)18(4,5)6/h10-12,16,19H,7-9H2,1-6H3. The van der Waals surface area contributed by atoms with Gasteiger partial charge in [-0.3, -0.25) is 0 Å². The van der Waals surface area contributed by atoms with Crippen molar-refractivity contribution in [3.05, 3.63) is 28.8 Å². The van der Waals surface area contributed by atoms with Gasteiger partial charge in [-0.05, 0) is 25.2 Å². The molecule has 1 aromatic carbocycles. The van der Waals surface area contributed by atoms with Gasteiger partial charge in [-0.25, -0.2) is 0 Å². The normalized spacial score (nSPS) is 19.4. The molecule has 0 aliphatic carbocycles. The Morgan fingerprint density at radius 2 is 1.95 bits per heavy atom.